The van der Waals surface area contributed by atoms with E-state index >= 15 is 0 Å². The molecular formula is C21H14N2. The Hall–Kier alpha value is -3.18. The Morgan fingerprint density at radius 2 is 1.70 bits per heavy atom. The van der Waals surface area contributed by atoms with Gasteiger partial charge < -0.3 is 0 Å². The Labute approximate surface area is 135 Å². The van der Waals surface area contributed by atoms with Gasteiger partial charge in [-0.15, -0.1) is 0 Å². The molecule has 3 aromatic rings. The number of nitrogens with zero attached hydrogens (tertiary/aromatic N) is 2. The van der Waals surface area contributed by atoms with Crippen LogP contribution < -0.4 is 0 Å². The zero-order chi connectivity index (χ0) is 15.6. The van der Waals surface area contributed by atoms with Gasteiger partial charge >= 0.3 is 0 Å². The van der Waals surface area contributed by atoms with Crippen LogP contribution in [-0.2, 0) is 0 Å². The van der Waals surface area contributed by atoms with Crippen LogP contribution in [0.5, 0.6) is 0 Å². The molecule has 2 nitrogen and oxygen atoms in total. The molecule has 108 valence electrons. The zero-order valence-electron chi connectivity index (χ0n) is 12.5. The molecule has 0 saturated carbocycles. The third-order valence-corrected chi connectivity index (χ3v) is 4.13. The van der Waals surface area contributed by atoms with Crippen molar-refractivity contribution in [2.24, 2.45) is 0 Å². The van der Waals surface area contributed by atoms with Crippen molar-refractivity contribution in [3.63, 3.8) is 0 Å². The fourth-order valence-electron chi connectivity index (χ4n) is 2.90. The SMILES string of the molecule is N#Cc1cccc(-c2ccc3nc(C4C=CC=C4)ccc3c2)c1. The van der Waals surface area contributed by atoms with Crippen LogP contribution in [0.25, 0.3) is 22.0 Å². The second kappa shape index (κ2) is 5.55. The lowest BCUT2D eigenvalue weighted by Gasteiger charge is -2.08. The molecule has 0 fully saturated rings. The minimum Gasteiger partial charge on any atom is -0.252 e. The maximum atomic E-state index is 9.04. The number of benzene rings is 2. The largest absolute Gasteiger partial charge is 0.252 e. The Kier molecular flexibility index (Phi) is 3.25. The highest BCUT2D eigenvalue weighted by molar-refractivity contribution is 5.85. The predicted octanol–water partition coefficient (Wildman–Crippen LogP) is 4.98. The zero-order valence-corrected chi connectivity index (χ0v) is 12.5. The van der Waals surface area contributed by atoms with Crippen molar-refractivity contribution >= 4 is 10.9 Å². The number of hydrogen-bond donors (Lipinski definition) is 0. The van der Waals surface area contributed by atoms with Crippen LogP contribution in [0, 0.1) is 11.3 Å². The summed E-state index contributed by atoms with van der Waals surface area (Å²) in [4.78, 5) is 4.77. The molecule has 0 radical (unpaired) electrons. The average Bonchev–Trinajstić information content (AvgIpc) is 3.15. The molecule has 0 spiro atoms. The van der Waals surface area contributed by atoms with Crippen molar-refractivity contribution in [1.82, 2.24) is 4.98 Å². The minimum atomic E-state index is 0.284. The lowest BCUT2D eigenvalue weighted by Crippen LogP contribution is -1.94. The first-order chi connectivity index (χ1) is 11.3. The Bertz CT molecular complexity index is 978. The van der Waals surface area contributed by atoms with Gasteiger partial charge in [0, 0.05) is 11.3 Å². The summed E-state index contributed by atoms with van der Waals surface area (Å²) in [7, 11) is 0. The van der Waals surface area contributed by atoms with Crippen LogP contribution in [0.1, 0.15) is 17.2 Å². The van der Waals surface area contributed by atoms with E-state index in [4.69, 9.17) is 10.2 Å². The molecule has 0 N–H and O–H groups in total. The van der Waals surface area contributed by atoms with E-state index in [1.165, 1.54) is 0 Å². The van der Waals surface area contributed by atoms with Gasteiger partial charge in [0.1, 0.15) is 0 Å². The smallest absolute Gasteiger partial charge is 0.0991 e. The van der Waals surface area contributed by atoms with Crippen LogP contribution in [0.15, 0.2) is 78.9 Å². The van der Waals surface area contributed by atoms with Crippen LogP contribution in [0.2, 0.25) is 0 Å². The molecule has 1 aliphatic rings. The molecule has 0 atom stereocenters. The highest BCUT2D eigenvalue weighted by Gasteiger charge is 2.09. The molecule has 23 heavy (non-hydrogen) atoms. The lowest BCUT2D eigenvalue weighted by atomic mass is 10.0. The van der Waals surface area contributed by atoms with Crippen molar-refractivity contribution in [3.8, 4) is 17.2 Å². The van der Waals surface area contributed by atoms with Crippen LogP contribution in [0.4, 0.5) is 0 Å². The number of nitriles is 1. The molecule has 0 unspecified atom stereocenters. The van der Waals surface area contributed by atoms with Gasteiger partial charge in [-0.25, -0.2) is 0 Å². The Balaban J connectivity index is 1.76. The monoisotopic (exact) mass is 294 g/mol. The first-order valence-corrected chi connectivity index (χ1v) is 7.60. The van der Waals surface area contributed by atoms with E-state index in [2.05, 4.69) is 60.7 Å². The summed E-state index contributed by atoms with van der Waals surface area (Å²) in [5.41, 5.74) is 4.90. The summed E-state index contributed by atoms with van der Waals surface area (Å²) in [5.74, 6) is 0.284. The van der Waals surface area contributed by atoms with E-state index in [9.17, 15) is 0 Å². The number of pyridine rings is 1. The second-order valence-corrected chi connectivity index (χ2v) is 5.63. The molecule has 0 aliphatic heterocycles. The molecule has 1 aromatic heterocycles. The van der Waals surface area contributed by atoms with Gasteiger partial charge in [0.2, 0.25) is 0 Å². The van der Waals surface area contributed by atoms with E-state index in [0.717, 1.165) is 27.7 Å². The van der Waals surface area contributed by atoms with E-state index in [1.807, 2.05) is 24.3 Å². The predicted molar refractivity (Wildman–Crippen MR) is 92.9 cm³/mol. The van der Waals surface area contributed by atoms with Crippen molar-refractivity contribution in [1.29, 1.82) is 5.26 Å². The van der Waals surface area contributed by atoms with Gasteiger partial charge in [-0.1, -0.05) is 48.6 Å². The number of aromatic nitrogens is 1. The standard InChI is InChI=1S/C21H14N2/c22-14-15-4-3-7-17(12-15)18-8-10-21-19(13-18)9-11-20(23-21)16-5-1-2-6-16/h1-13,16H. The molecule has 1 aliphatic carbocycles. The molecule has 4 rings (SSSR count). The summed E-state index contributed by atoms with van der Waals surface area (Å²) in [6, 6.07) is 20.3. The van der Waals surface area contributed by atoms with Crippen molar-refractivity contribution < 1.29 is 0 Å². The first kappa shape index (κ1) is 13.5. The Morgan fingerprint density at radius 1 is 0.870 bits per heavy atom. The number of rotatable bonds is 2. The first-order valence-electron chi connectivity index (χ1n) is 7.60. The molecule has 0 amide bonds. The van der Waals surface area contributed by atoms with Gasteiger partial charge in [0.15, 0.2) is 0 Å². The second-order valence-electron chi connectivity index (χ2n) is 5.63. The molecule has 2 heteroatoms. The summed E-state index contributed by atoms with van der Waals surface area (Å²) in [5, 5.41) is 10.2. The topological polar surface area (TPSA) is 36.7 Å². The van der Waals surface area contributed by atoms with Gasteiger partial charge in [-0.3, -0.25) is 4.98 Å². The maximum Gasteiger partial charge on any atom is 0.0991 e. The van der Waals surface area contributed by atoms with Crippen molar-refractivity contribution in [2.75, 3.05) is 0 Å². The average molecular weight is 294 g/mol. The van der Waals surface area contributed by atoms with Crippen LogP contribution in [-0.4, -0.2) is 4.98 Å². The van der Waals surface area contributed by atoms with Crippen molar-refractivity contribution in [2.45, 2.75) is 5.92 Å². The summed E-state index contributed by atoms with van der Waals surface area (Å²) in [6.45, 7) is 0. The van der Waals surface area contributed by atoms with Crippen molar-refractivity contribution in [3.05, 3.63) is 90.2 Å². The molecular weight excluding hydrogens is 280 g/mol. The van der Waals surface area contributed by atoms with Crippen LogP contribution in [0.3, 0.4) is 0 Å². The third kappa shape index (κ3) is 2.54. The van der Waals surface area contributed by atoms with E-state index in [0.29, 0.717) is 5.56 Å². The Morgan fingerprint density at radius 3 is 2.52 bits per heavy atom. The van der Waals surface area contributed by atoms with Gasteiger partial charge in [0.05, 0.1) is 22.8 Å². The van der Waals surface area contributed by atoms with Gasteiger partial charge in [0.25, 0.3) is 0 Å². The third-order valence-electron chi connectivity index (χ3n) is 4.13. The lowest BCUT2D eigenvalue weighted by molar-refractivity contribution is 1.03. The molecule has 1 heterocycles. The number of allylic oxidation sites excluding steroid dienone is 4. The fraction of sp³-hybridized carbons (Fsp3) is 0.0476. The molecule has 0 saturated heterocycles. The maximum absolute atomic E-state index is 9.04. The minimum absolute atomic E-state index is 0.284. The normalized spacial score (nSPS) is 13.5. The van der Waals surface area contributed by atoms with E-state index < -0.39 is 0 Å². The quantitative estimate of drug-likeness (QED) is 0.668. The highest BCUT2D eigenvalue weighted by Crippen LogP contribution is 2.27. The van der Waals surface area contributed by atoms with E-state index in [1.54, 1.807) is 0 Å². The highest BCUT2D eigenvalue weighted by atomic mass is 14.7. The summed E-state index contributed by atoms with van der Waals surface area (Å²) < 4.78 is 0. The summed E-state index contributed by atoms with van der Waals surface area (Å²) >= 11 is 0. The van der Waals surface area contributed by atoms with Gasteiger partial charge in [-0.05, 0) is 41.5 Å². The van der Waals surface area contributed by atoms with Gasteiger partial charge in [-0.2, -0.15) is 5.26 Å². The summed E-state index contributed by atoms with van der Waals surface area (Å²) in [6.07, 6.45) is 8.41. The number of hydrogen-bond acceptors (Lipinski definition) is 2. The molecule has 0 bridgehead atoms. The van der Waals surface area contributed by atoms with Crippen LogP contribution >= 0.6 is 0 Å². The fourth-order valence-corrected chi connectivity index (χ4v) is 2.90. The number of fused-ring (bicyclic) bond motifs is 1. The van der Waals surface area contributed by atoms with E-state index in [-0.39, 0.29) is 5.92 Å². The molecule has 2 aromatic carbocycles.